The van der Waals surface area contributed by atoms with Crippen LogP contribution in [0.5, 0.6) is 0 Å². The fraction of sp³-hybridized carbons (Fsp3) is 0.600. The first kappa shape index (κ1) is 20.4. The lowest BCUT2D eigenvalue weighted by Gasteiger charge is -2.35. The van der Waals surface area contributed by atoms with E-state index in [1.54, 1.807) is 26.8 Å². The number of ether oxygens (including phenoxy) is 1. The van der Waals surface area contributed by atoms with Gasteiger partial charge in [0.05, 0.1) is 10.0 Å². The highest BCUT2D eigenvalue weighted by atomic mass is 35.5. The number of ketones is 1. The van der Waals surface area contributed by atoms with E-state index in [-0.39, 0.29) is 12.3 Å². The monoisotopic (exact) mass is 413 g/mol. The number of carbonyl (C=O) groups excluding carboxylic acids is 2. The van der Waals surface area contributed by atoms with Crippen molar-refractivity contribution in [1.82, 2.24) is 4.90 Å². The Balaban J connectivity index is 1.93. The van der Waals surface area contributed by atoms with Crippen LogP contribution in [0.25, 0.3) is 0 Å². The van der Waals surface area contributed by atoms with Crippen LogP contribution in [0, 0.1) is 5.92 Å². The topological polar surface area (TPSA) is 66.8 Å². The molecule has 0 radical (unpaired) electrons. The lowest BCUT2D eigenvalue weighted by molar-refractivity contribution is -0.132. The van der Waals surface area contributed by atoms with Crippen molar-refractivity contribution in [2.24, 2.45) is 5.92 Å². The van der Waals surface area contributed by atoms with Gasteiger partial charge in [-0.05, 0) is 51.3 Å². The molecule has 1 saturated heterocycles. The molecule has 2 unspecified atom stereocenters. The van der Waals surface area contributed by atoms with Crippen LogP contribution in [0.1, 0.15) is 52.0 Å². The van der Waals surface area contributed by atoms with Crippen molar-refractivity contribution in [1.29, 1.82) is 0 Å². The van der Waals surface area contributed by atoms with Gasteiger partial charge < -0.3 is 9.84 Å². The molecule has 1 heterocycles. The summed E-state index contributed by atoms with van der Waals surface area (Å²) in [6.45, 7) is 5.39. The van der Waals surface area contributed by atoms with Gasteiger partial charge >= 0.3 is 6.09 Å². The predicted molar refractivity (Wildman–Crippen MR) is 104 cm³/mol. The lowest BCUT2D eigenvalue weighted by atomic mass is 9.68. The minimum Gasteiger partial charge on any atom is -0.444 e. The van der Waals surface area contributed by atoms with Gasteiger partial charge in [-0.3, -0.25) is 9.69 Å². The third-order valence-corrected chi connectivity index (χ3v) is 6.30. The first-order valence-corrected chi connectivity index (χ1v) is 9.98. The van der Waals surface area contributed by atoms with Crippen LogP contribution >= 0.6 is 23.2 Å². The van der Waals surface area contributed by atoms with E-state index in [1.165, 1.54) is 0 Å². The summed E-state index contributed by atoms with van der Waals surface area (Å²) >= 11 is 12.3. The summed E-state index contributed by atoms with van der Waals surface area (Å²) in [6.07, 6.45) is 1.41. The second-order valence-corrected chi connectivity index (χ2v) is 9.27. The van der Waals surface area contributed by atoms with E-state index in [1.807, 2.05) is 12.1 Å². The Labute approximate surface area is 169 Å². The van der Waals surface area contributed by atoms with E-state index in [4.69, 9.17) is 27.9 Å². The number of rotatable bonds is 2. The highest BCUT2D eigenvalue weighted by Gasteiger charge is 2.54. The molecule has 148 valence electrons. The maximum Gasteiger partial charge on any atom is 0.412 e. The van der Waals surface area contributed by atoms with Crippen LogP contribution in [-0.4, -0.2) is 40.3 Å². The summed E-state index contributed by atoms with van der Waals surface area (Å²) in [6, 6.07) is 5.45. The molecule has 0 spiro atoms. The highest BCUT2D eigenvalue weighted by Crippen LogP contribution is 2.50. The molecular formula is C20H25Cl2NO4. The molecule has 1 aliphatic carbocycles. The number of Topliss-reactive ketones (excluding diaryl/α,β-unsaturated/α-hetero) is 1. The van der Waals surface area contributed by atoms with Crippen LogP contribution < -0.4 is 0 Å². The molecule has 1 N–H and O–H groups in total. The standard InChI is InChI=1S/C20H25Cl2NO4/c1-19(2,3)27-18(26)23-11-13(16(24)17(23)25)20(8-4-5-9-20)12-6-7-14(21)15(22)10-12/h6-7,10,13,17,25H,4-5,8-9,11H2,1-3H3. The van der Waals surface area contributed by atoms with Crippen molar-refractivity contribution in [3.05, 3.63) is 33.8 Å². The Morgan fingerprint density at radius 1 is 1.22 bits per heavy atom. The number of amides is 1. The van der Waals surface area contributed by atoms with Crippen LogP contribution in [0.3, 0.4) is 0 Å². The first-order chi connectivity index (χ1) is 12.5. The summed E-state index contributed by atoms with van der Waals surface area (Å²) in [4.78, 5) is 26.5. The molecule has 1 aromatic rings. The summed E-state index contributed by atoms with van der Waals surface area (Å²) < 4.78 is 5.36. The van der Waals surface area contributed by atoms with Crippen molar-refractivity contribution < 1.29 is 19.4 Å². The predicted octanol–water partition coefficient (Wildman–Crippen LogP) is 4.56. The molecule has 1 aliphatic heterocycles. The molecule has 27 heavy (non-hydrogen) atoms. The number of hydrogen-bond acceptors (Lipinski definition) is 4. The Hall–Kier alpha value is -1.30. The smallest absolute Gasteiger partial charge is 0.412 e. The average molecular weight is 414 g/mol. The fourth-order valence-electron chi connectivity index (χ4n) is 4.31. The molecule has 7 heteroatoms. The van der Waals surface area contributed by atoms with E-state index < -0.39 is 29.3 Å². The van der Waals surface area contributed by atoms with Gasteiger partial charge in [0, 0.05) is 17.9 Å². The Morgan fingerprint density at radius 3 is 2.41 bits per heavy atom. The maximum absolute atomic E-state index is 12.9. The zero-order valence-electron chi connectivity index (χ0n) is 15.8. The van der Waals surface area contributed by atoms with Gasteiger partial charge in [0.2, 0.25) is 0 Å². The van der Waals surface area contributed by atoms with Gasteiger partial charge in [-0.1, -0.05) is 42.1 Å². The number of hydrogen-bond donors (Lipinski definition) is 1. The second kappa shape index (κ2) is 7.26. The van der Waals surface area contributed by atoms with Gasteiger partial charge in [-0.2, -0.15) is 0 Å². The van der Waals surface area contributed by atoms with E-state index in [9.17, 15) is 14.7 Å². The SMILES string of the molecule is CC(C)(C)OC(=O)N1CC(C2(c3ccc(Cl)c(Cl)c3)CCCC2)C(=O)C1O. The summed E-state index contributed by atoms with van der Waals surface area (Å²) in [5.74, 6) is -0.839. The van der Waals surface area contributed by atoms with Gasteiger partial charge in [0.15, 0.2) is 12.0 Å². The van der Waals surface area contributed by atoms with Crippen LogP contribution in [0.2, 0.25) is 10.0 Å². The Kier molecular flexibility index (Phi) is 5.50. The average Bonchev–Trinajstić information content (AvgIpc) is 3.16. The molecule has 0 bridgehead atoms. The minimum atomic E-state index is -1.48. The lowest BCUT2D eigenvalue weighted by Crippen LogP contribution is -2.41. The number of aliphatic hydroxyl groups is 1. The van der Waals surface area contributed by atoms with Crippen LogP contribution in [0.4, 0.5) is 4.79 Å². The van der Waals surface area contributed by atoms with Crippen LogP contribution in [0.15, 0.2) is 18.2 Å². The van der Waals surface area contributed by atoms with Crippen molar-refractivity contribution in [3.63, 3.8) is 0 Å². The number of nitrogens with zero attached hydrogens (tertiary/aromatic N) is 1. The summed E-state index contributed by atoms with van der Waals surface area (Å²) in [7, 11) is 0. The van der Waals surface area contributed by atoms with Gasteiger partial charge in [0.25, 0.3) is 0 Å². The van der Waals surface area contributed by atoms with Gasteiger partial charge in [-0.15, -0.1) is 0 Å². The molecule has 2 fully saturated rings. The zero-order valence-corrected chi connectivity index (χ0v) is 17.3. The zero-order chi connectivity index (χ0) is 20.0. The molecule has 2 aliphatic rings. The molecule has 1 saturated carbocycles. The second-order valence-electron chi connectivity index (χ2n) is 8.45. The molecule has 0 aromatic heterocycles. The fourth-order valence-corrected chi connectivity index (χ4v) is 4.61. The summed E-state index contributed by atoms with van der Waals surface area (Å²) in [5.41, 5.74) is -0.221. The highest BCUT2D eigenvalue weighted by molar-refractivity contribution is 6.42. The van der Waals surface area contributed by atoms with E-state index in [0.29, 0.717) is 10.0 Å². The number of halogens is 2. The van der Waals surface area contributed by atoms with Crippen molar-refractivity contribution in [2.45, 2.75) is 63.7 Å². The number of carbonyl (C=O) groups is 2. The third kappa shape index (κ3) is 3.82. The van der Waals surface area contributed by atoms with Crippen molar-refractivity contribution in [3.8, 4) is 0 Å². The molecule has 5 nitrogen and oxygen atoms in total. The van der Waals surface area contributed by atoms with E-state index in [0.717, 1.165) is 36.1 Å². The molecular weight excluding hydrogens is 389 g/mol. The molecule has 3 rings (SSSR count). The molecule has 1 amide bonds. The largest absolute Gasteiger partial charge is 0.444 e. The molecule has 2 atom stereocenters. The van der Waals surface area contributed by atoms with E-state index >= 15 is 0 Å². The third-order valence-electron chi connectivity index (χ3n) is 5.56. The van der Waals surface area contributed by atoms with Gasteiger partial charge in [0.1, 0.15) is 5.60 Å². The van der Waals surface area contributed by atoms with Crippen molar-refractivity contribution >= 4 is 35.1 Å². The molecule has 1 aromatic carbocycles. The van der Waals surface area contributed by atoms with Crippen LogP contribution in [-0.2, 0) is 14.9 Å². The van der Waals surface area contributed by atoms with Gasteiger partial charge in [-0.25, -0.2) is 4.79 Å². The van der Waals surface area contributed by atoms with Crippen molar-refractivity contribution in [2.75, 3.05) is 6.54 Å². The Morgan fingerprint density at radius 2 is 1.85 bits per heavy atom. The summed E-state index contributed by atoms with van der Waals surface area (Å²) in [5, 5.41) is 11.3. The number of benzene rings is 1. The Bertz CT molecular complexity index is 753. The minimum absolute atomic E-state index is 0.134. The van der Waals surface area contributed by atoms with E-state index in [2.05, 4.69) is 0 Å². The number of likely N-dealkylation sites (tertiary alicyclic amines) is 1. The quantitative estimate of drug-likeness (QED) is 0.771. The first-order valence-electron chi connectivity index (χ1n) is 9.22. The maximum atomic E-state index is 12.9. The number of aliphatic hydroxyl groups excluding tert-OH is 1. The normalized spacial score (nSPS) is 25.1.